The minimum atomic E-state index is 0.684. The van der Waals surface area contributed by atoms with Crippen LogP contribution >= 0.6 is 0 Å². The van der Waals surface area contributed by atoms with Gasteiger partial charge in [-0.05, 0) is 24.4 Å². The third kappa shape index (κ3) is 2.96. The fourth-order valence-electron chi connectivity index (χ4n) is 2.78. The van der Waals surface area contributed by atoms with Gasteiger partial charge in [0, 0.05) is 19.3 Å². The molecule has 1 aromatic heterocycles. The lowest BCUT2D eigenvalue weighted by molar-refractivity contribution is 0.312. The highest BCUT2D eigenvalue weighted by molar-refractivity contribution is 5.30. The minimum Gasteiger partial charge on any atom is -0.396 e. The Morgan fingerprint density at radius 2 is 2.05 bits per heavy atom. The van der Waals surface area contributed by atoms with Crippen molar-refractivity contribution < 1.29 is 0 Å². The molecule has 1 fully saturated rings. The van der Waals surface area contributed by atoms with Crippen LogP contribution < -0.4 is 5.73 Å². The van der Waals surface area contributed by atoms with Gasteiger partial charge in [-0.25, -0.2) is 0 Å². The van der Waals surface area contributed by atoms with Gasteiger partial charge in [-0.3, -0.25) is 4.68 Å². The van der Waals surface area contributed by atoms with E-state index in [1.54, 1.807) is 6.20 Å². The maximum absolute atomic E-state index is 5.66. The van der Waals surface area contributed by atoms with E-state index in [1.165, 1.54) is 18.5 Å². The summed E-state index contributed by atoms with van der Waals surface area (Å²) in [5.41, 5.74) is 7.87. The van der Waals surface area contributed by atoms with Gasteiger partial charge in [0.25, 0.3) is 0 Å². The predicted octanol–water partition coefficient (Wildman–Crippen LogP) is 1.95. The summed E-state index contributed by atoms with van der Waals surface area (Å²) in [6, 6.07) is 10.8. The molecule has 1 aliphatic rings. The van der Waals surface area contributed by atoms with Crippen molar-refractivity contribution in [2.45, 2.75) is 18.9 Å². The molecule has 0 amide bonds. The van der Waals surface area contributed by atoms with Crippen LogP contribution in [0.5, 0.6) is 0 Å². The largest absolute Gasteiger partial charge is 0.396 e. The van der Waals surface area contributed by atoms with Crippen molar-refractivity contribution in [3.63, 3.8) is 0 Å². The fraction of sp³-hybridized carbons (Fsp3) is 0.400. The third-order valence-corrected chi connectivity index (χ3v) is 3.84. The van der Waals surface area contributed by atoms with E-state index in [9.17, 15) is 0 Å². The number of nitrogen functional groups attached to an aromatic ring is 1. The fourth-order valence-corrected chi connectivity index (χ4v) is 2.78. The Bertz CT molecular complexity index is 520. The number of likely N-dealkylation sites (tertiary alicyclic amines) is 1. The lowest BCUT2D eigenvalue weighted by atomic mass is 9.99. The lowest BCUT2D eigenvalue weighted by Gasteiger charge is -2.16. The first-order valence-corrected chi connectivity index (χ1v) is 6.86. The number of benzene rings is 1. The van der Waals surface area contributed by atoms with Crippen molar-refractivity contribution in [3.8, 4) is 0 Å². The van der Waals surface area contributed by atoms with Crippen LogP contribution in [0, 0.1) is 0 Å². The van der Waals surface area contributed by atoms with Crippen LogP contribution in [-0.2, 0) is 6.54 Å². The molecule has 1 saturated heterocycles. The van der Waals surface area contributed by atoms with Crippen LogP contribution in [-0.4, -0.2) is 34.3 Å². The summed E-state index contributed by atoms with van der Waals surface area (Å²) in [7, 11) is 0. The first kappa shape index (κ1) is 12.2. The quantitative estimate of drug-likeness (QED) is 0.909. The van der Waals surface area contributed by atoms with Gasteiger partial charge < -0.3 is 10.6 Å². The van der Waals surface area contributed by atoms with Gasteiger partial charge in [-0.15, -0.1) is 0 Å². The van der Waals surface area contributed by atoms with E-state index in [1.807, 2.05) is 10.9 Å². The Kier molecular flexibility index (Phi) is 3.51. The van der Waals surface area contributed by atoms with Crippen LogP contribution in [0.15, 0.2) is 42.7 Å². The summed E-state index contributed by atoms with van der Waals surface area (Å²) in [5.74, 6) is 0.684. The molecule has 1 atom stereocenters. The van der Waals surface area contributed by atoms with Gasteiger partial charge in [0.1, 0.15) is 0 Å². The normalized spacial score (nSPS) is 19.9. The van der Waals surface area contributed by atoms with Crippen LogP contribution in [0.1, 0.15) is 17.9 Å². The number of rotatable bonds is 4. The molecular formula is C15H20N4. The highest BCUT2D eigenvalue weighted by Gasteiger charge is 2.23. The summed E-state index contributed by atoms with van der Waals surface area (Å²) >= 11 is 0. The smallest absolute Gasteiger partial charge is 0.0719 e. The van der Waals surface area contributed by atoms with Gasteiger partial charge >= 0.3 is 0 Å². The molecule has 4 nitrogen and oxygen atoms in total. The number of anilines is 1. The van der Waals surface area contributed by atoms with E-state index in [0.717, 1.165) is 25.3 Å². The second-order valence-electron chi connectivity index (χ2n) is 5.23. The Morgan fingerprint density at radius 3 is 2.79 bits per heavy atom. The number of hydrogen-bond acceptors (Lipinski definition) is 3. The molecular weight excluding hydrogens is 236 g/mol. The maximum atomic E-state index is 5.66. The van der Waals surface area contributed by atoms with E-state index in [0.29, 0.717) is 5.92 Å². The van der Waals surface area contributed by atoms with Crippen molar-refractivity contribution >= 4 is 5.69 Å². The molecule has 0 spiro atoms. The molecule has 0 saturated carbocycles. The van der Waals surface area contributed by atoms with E-state index in [4.69, 9.17) is 5.73 Å². The van der Waals surface area contributed by atoms with Gasteiger partial charge in [-0.2, -0.15) is 5.10 Å². The Morgan fingerprint density at radius 1 is 1.21 bits per heavy atom. The number of hydrogen-bond donors (Lipinski definition) is 1. The molecule has 1 unspecified atom stereocenters. The summed E-state index contributed by atoms with van der Waals surface area (Å²) in [6.07, 6.45) is 4.85. The lowest BCUT2D eigenvalue weighted by Crippen LogP contribution is -2.25. The second kappa shape index (κ2) is 5.45. The van der Waals surface area contributed by atoms with Gasteiger partial charge in [0.2, 0.25) is 0 Å². The molecule has 19 heavy (non-hydrogen) atoms. The van der Waals surface area contributed by atoms with E-state index < -0.39 is 0 Å². The second-order valence-corrected chi connectivity index (χ2v) is 5.23. The predicted molar refractivity (Wildman–Crippen MR) is 76.9 cm³/mol. The number of nitrogens with zero attached hydrogens (tertiary/aromatic N) is 3. The van der Waals surface area contributed by atoms with Crippen LogP contribution in [0.3, 0.4) is 0 Å². The Labute approximate surface area is 113 Å². The van der Waals surface area contributed by atoms with Crippen molar-refractivity contribution in [1.29, 1.82) is 0 Å². The highest BCUT2D eigenvalue weighted by atomic mass is 15.3. The van der Waals surface area contributed by atoms with Crippen molar-refractivity contribution in [2.75, 3.05) is 25.4 Å². The molecule has 2 N–H and O–H groups in total. The molecule has 0 aliphatic carbocycles. The van der Waals surface area contributed by atoms with Crippen LogP contribution in [0.2, 0.25) is 0 Å². The monoisotopic (exact) mass is 256 g/mol. The first-order chi connectivity index (χ1) is 9.31. The molecule has 1 aromatic carbocycles. The highest BCUT2D eigenvalue weighted by Crippen LogP contribution is 2.26. The van der Waals surface area contributed by atoms with Gasteiger partial charge in [-0.1, -0.05) is 30.3 Å². The topological polar surface area (TPSA) is 47.1 Å². The molecule has 100 valence electrons. The number of aromatic nitrogens is 2. The summed E-state index contributed by atoms with van der Waals surface area (Å²) in [4.78, 5) is 2.51. The zero-order chi connectivity index (χ0) is 13.1. The molecule has 0 radical (unpaired) electrons. The first-order valence-electron chi connectivity index (χ1n) is 6.86. The zero-order valence-corrected chi connectivity index (χ0v) is 11.1. The molecule has 0 bridgehead atoms. The Hall–Kier alpha value is -1.81. The standard InChI is InChI=1S/C15H20N4/c16-15-10-17-19(12-15)9-8-18-7-6-14(11-18)13-4-2-1-3-5-13/h1-5,10,12,14H,6-9,11,16H2. The average molecular weight is 256 g/mol. The third-order valence-electron chi connectivity index (χ3n) is 3.84. The molecule has 3 rings (SSSR count). The molecule has 2 heterocycles. The van der Waals surface area contributed by atoms with Crippen molar-refractivity contribution in [1.82, 2.24) is 14.7 Å². The molecule has 4 heteroatoms. The van der Waals surface area contributed by atoms with Crippen LogP contribution in [0.25, 0.3) is 0 Å². The molecule has 2 aromatic rings. The summed E-state index contributed by atoms with van der Waals surface area (Å²) < 4.78 is 1.92. The van der Waals surface area contributed by atoms with E-state index in [2.05, 4.69) is 40.3 Å². The number of nitrogens with two attached hydrogens (primary N) is 1. The summed E-state index contributed by atoms with van der Waals surface area (Å²) in [6.45, 7) is 4.29. The zero-order valence-electron chi connectivity index (χ0n) is 11.1. The SMILES string of the molecule is Nc1cnn(CCN2CCC(c3ccccc3)C2)c1. The van der Waals surface area contributed by atoms with Gasteiger partial charge in [0.05, 0.1) is 18.4 Å². The summed E-state index contributed by atoms with van der Waals surface area (Å²) in [5, 5.41) is 4.22. The minimum absolute atomic E-state index is 0.684. The molecule has 1 aliphatic heterocycles. The van der Waals surface area contributed by atoms with E-state index in [-0.39, 0.29) is 0 Å². The average Bonchev–Trinajstić information content (AvgIpc) is 3.06. The van der Waals surface area contributed by atoms with Gasteiger partial charge in [0.15, 0.2) is 0 Å². The van der Waals surface area contributed by atoms with Crippen LogP contribution in [0.4, 0.5) is 5.69 Å². The van der Waals surface area contributed by atoms with E-state index >= 15 is 0 Å². The van der Waals surface area contributed by atoms with Crippen molar-refractivity contribution in [3.05, 3.63) is 48.3 Å². The maximum Gasteiger partial charge on any atom is 0.0719 e. The van der Waals surface area contributed by atoms with Crippen molar-refractivity contribution in [2.24, 2.45) is 0 Å². The Balaban J connectivity index is 1.52.